The zero-order valence-electron chi connectivity index (χ0n) is 15.0. The summed E-state index contributed by atoms with van der Waals surface area (Å²) in [4.78, 5) is 15.0. The number of aryl methyl sites for hydroxylation is 1. The molecule has 5 heteroatoms. The molecule has 0 saturated carbocycles. The summed E-state index contributed by atoms with van der Waals surface area (Å²) < 4.78 is 1.90. The maximum absolute atomic E-state index is 12.6. The second kappa shape index (κ2) is 7.85. The molecule has 1 aliphatic rings. The molecule has 25 heavy (non-hydrogen) atoms. The first kappa shape index (κ1) is 17.7. The van der Waals surface area contributed by atoms with Gasteiger partial charge < -0.3 is 15.0 Å². The van der Waals surface area contributed by atoms with Crippen LogP contribution in [-0.4, -0.2) is 46.2 Å². The van der Waals surface area contributed by atoms with Gasteiger partial charge in [0.25, 0.3) is 5.91 Å². The van der Waals surface area contributed by atoms with Gasteiger partial charge in [0, 0.05) is 44.4 Å². The monoisotopic (exact) mass is 341 g/mol. The van der Waals surface area contributed by atoms with Crippen LogP contribution < -0.4 is 5.32 Å². The van der Waals surface area contributed by atoms with Gasteiger partial charge in [0.05, 0.1) is 0 Å². The number of hydrogen-bond acceptors (Lipinski definition) is 3. The lowest BCUT2D eigenvalue weighted by atomic mass is 9.91. The molecular weight excluding hydrogens is 314 g/mol. The molecule has 1 aliphatic heterocycles. The lowest BCUT2D eigenvalue weighted by molar-refractivity contribution is 0.0724. The van der Waals surface area contributed by atoms with Crippen LogP contribution in [0.25, 0.3) is 0 Å². The average molecular weight is 341 g/mol. The number of likely N-dealkylation sites (tertiary alicyclic amines) is 1. The molecule has 1 aromatic carbocycles. The van der Waals surface area contributed by atoms with Crippen molar-refractivity contribution >= 4 is 5.91 Å². The number of amides is 1. The van der Waals surface area contributed by atoms with Gasteiger partial charge in [0.15, 0.2) is 0 Å². The first-order chi connectivity index (χ1) is 12.1. The largest absolute Gasteiger partial charge is 0.396 e. The molecule has 0 aliphatic carbocycles. The van der Waals surface area contributed by atoms with Gasteiger partial charge in [-0.05, 0) is 37.6 Å². The van der Waals surface area contributed by atoms with Crippen LogP contribution in [0.4, 0.5) is 0 Å². The SMILES string of the molecule is Cc1ccc(C(=O)N[C@@H]2CN(Cc3ccccc3)CC[C@H]2CO)n1C. The topological polar surface area (TPSA) is 57.5 Å². The molecule has 3 rings (SSSR count). The zero-order chi connectivity index (χ0) is 17.8. The molecule has 2 N–H and O–H groups in total. The van der Waals surface area contributed by atoms with E-state index in [0.717, 1.165) is 31.7 Å². The van der Waals surface area contributed by atoms with Gasteiger partial charge in [-0.3, -0.25) is 9.69 Å². The second-order valence-electron chi connectivity index (χ2n) is 6.95. The Balaban J connectivity index is 1.67. The van der Waals surface area contributed by atoms with E-state index in [1.165, 1.54) is 5.56 Å². The zero-order valence-corrected chi connectivity index (χ0v) is 15.0. The average Bonchev–Trinajstić information content (AvgIpc) is 2.95. The highest BCUT2D eigenvalue weighted by atomic mass is 16.3. The summed E-state index contributed by atoms with van der Waals surface area (Å²) >= 11 is 0. The number of nitrogens with zero attached hydrogens (tertiary/aromatic N) is 2. The normalized spacial score (nSPS) is 21.2. The van der Waals surface area contributed by atoms with E-state index in [-0.39, 0.29) is 24.5 Å². The highest BCUT2D eigenvalue weighted by Crippen LogP contribution is 2.20. The number of benzene rings is 1. The molecule has 1 fully saturated rings. The van der Waals surface area contributed by atoms with Crippen LogP contribution in [0.5, 0.6) is 0 Å². The summed E-state index contributed by atoms with van der Waals surface area (Å²) in [5.41, 5.74) is 2.99. The van der Waals surface area contributed by atoms with Crippen LogP contribution in [0.1, 0.15) is 28.2 Å². The molecule has 0 spiro atoms. The minimum absolute atomic E-state index is 0.0369. The molecule has 1 saturated heterocycles. The Morgan fingerprint density at radius 2 is 2.00 bits per heavy atom. The van der Waals surface area contributed by atoms with Gasteiger partial charge in [0.2, 0.25) is 0 Å². The minimum Gasteiger partial charge on any atom is -0.396 e. The number of carbonyl (C=O) groups is 1. The van der Waals surface area contributed by atoms with Crippen molar-refractivity contribution in [3.8, 4) is 0 Å². The highest BCUT2D eigenvalue weighted by molar-refractivity contribution is 5.93. The van der Waals surface area contributed by atoms with Crippen molar-refractivity contribution in [1.82, 2.24) is 14.8 Å². The Kier molecular flexibility index (Phi) is 5.56. The smallest absolute Gasteiger partial charge is 0.268 e. The standard InChI is InChI=1S/C20H27N3O2/c1-15-8-9-19(22(15)2)20(25)21-18-13-23(11-10-17(18)14-24)12-16-6-4-3-5-7-16/h3-9,17-18,24H,10-14H2,1-2H3,(H,21,25)/t17-,18+/m0/s1. The van der Waals surface area contributed by atoms with Crippen LogP contribution in [-0.2, 0) is 13.6 Å². The van der Waals surface area contributed by atoms with Crippen molar-refractivity contribution in [2.45, 2.75) is 25.9 Å². The van der Waals surface area contributed by atoms with E-state index in [2.05, 4.69) is 22.3 Å². The van der Waals surface area contributed by atoms with E-state index < -0.39 is 0 Å². The minimum atomic E-state index is -0.0689. The number of hydrogen-bond donors (Lipinski definition) is 2. The summed E-state index contributed by atoms with van der Waals surface area (Å²) in [6, 6.07) is 14.1. The van der Waals surface area contributed by atoms with Crippen molar-refractivity contribution in [2.75, 3.05) is 19.7 Å². The van der Waals surface area contributed by atoms with Crippen LogP contribution in [0.3, 0.4) is 0 Å². The fraction of sp³-hybridized carbons (Fsp3) is 0.450. The fourth-order valence-corrected chi connectivity index (χ4v) is 3.52. The number of piperidine rings is 1. The summed E-state index contributed by atoms with van der Waals surface area (Å²) in [5, 5.41) is 12.8. The van der Waals surface area contributed by atoms with E-state index in [4.69, 9.17) is 0 Å². The number of aromatic nitrogens is 1. The van der Waals surface area contributed by atoms with Gasteiger partial charge in [-0.2, -0.15) is 0 Å². The molecule has 0 unspecified atom stereocenters. The third-order valence-corrected chi connectivity index (χ3v) is 5.25. The number of carbonyl (C=O) groups excluding carboxylic acids is 1. The fourth-order valence-electron chi connectivity index (χ4n) is 3.52. The van der Waals surface area contributed by atoms with E-state index in [0.29, 0.717) is 5.69 Å². The molecule has 0 radical (unpaired) electrons. The third kappa shape index (κ3) is 4.11. The maximum atomic E-state index is 12.6. The lowest BCUT2D eigenvalue weighted by Gasteiger charge is -2.38. The Hall–Kier alpha value is -2.11. The van der Waals surface area contributed by atoms with Crippen LogP contribution in [0, 0.1) is 12.8 Å². The van der Waals surface area contributed by atoms with E-state index in [1.54, 1.807) is 0 Å². The molecule has 0 bridgehead atoms. The number of rotatable bonds is 5. The first-order valence-corrected chi connectivity index (χ1v) is 8.89. The lowest BCUT2D eigenvalue weighted by Crippen LogP contribution is -2.53. The van der Waals surface area contributed by atoms with Crippen molar-refractivity contribution in [1.29, 1.82) is 0 Å². The third-order valence-electron chi connectivity index (χ3n) is 5.25. The van der Waals surface area contributed by atoms with E-state index in [9.17, 15) is 9.90 Å². The highest BCUT2D eigenvalue weighted by Gasteiger charge is 2.30. The summed E-state index contributed by atoms with van der Waals surface area (Å²) in [7, 11) is 1.90. The van der Waals surface area contributed by atoms with Gasteiger partial charge in [-0.25, -0.2) is 0 Å². The Labute approximate surface area is 149 Å². The molecule has 2 heterocycles. The van der Waals surface area contributed by atoms with Gasteiger partial charge in [-0.1, -0.05) is 30.3 Å². The van der Waals surface area contributed by atoms with E-state index in [1.807, 2.05) is 48.9 Å². The van der Waals surface area contributed by atoms with Crippen molar-refractivity contribution in [3.05, 3.63) is 59.4 Å². The molecule has 5 nitrogen and oxygen atoms in total. The summed E-state index contributed by atoms with van der Waals surface area (Å²) in [5.74, 6) is 0.0398. The Morgan fingerprint density at radius 1 is 1.24 bits per heavy atom. The van der Waals surface area contributed by atoms with Crippen molar-refractivity contribution < 1.29 is 9.90 Å². The molecule has 2 aromatic rings. The quantitative estimate of drug-likeness (QED) is 0.874. The maximum Gasteiger partial charge on any atom is 0.268 e. The van der Waals surface area contributed by atoms with Crippen LogP contribution in [0.15, 0.2) is 42.5 Å². The van der Waals surface area contributed by atoms with Crippen molar-refractivity contribution in [2.24, 2.45) is 13.0 Å². The second-order valence-corrected chi connectivity index (χ2v) is 6.95. The predicted molar refractivity (Wildman–Crippen MR) is 98.3 cm³/mol. The van der Waals surface area contributed by atoms with E-state index >= 15 is 0 Å². The molecule has 1 amide bonds. The number of nitrogens with one attached hydrogen (secondary N) is 1. The first-order valence-electron chi connectivity index (χ1n) is 8.89. The molecular formula is C20H27N3O2. The van der Waals surface area contributed by atoms with Gasteiger partial charge in [-0.15, -0.1) is 0 Å². The number of aliphatic hydroxyl groups excluding tert-OH is 1. The molecule has 134 valence electrons. The number of aliphatic hydroxyl groups is 1. The van der Waals surface area contributed by atoms with Crippen molar-refractivity contribution in [3.63, 3.8) is 0 Å². The van der Waals surface area contributed by atoms with Gasteiger partial charge >= 0.3 is 0 Å². The van der Waals surface area contributed by atoms with Gasteiger partial charge in [0.1, 0.15) is 5.69 Å². The Morgan fingerprint density at radius 3 is 2.64 bits per heavy atom. The summed E-state index contributed by atoms with van der Waals surface area (Å²) in [6.07, 6.45) is 0.889. The predicted octanol–water partition coefficient (Wildman–Crippen LogP) is 1.95. The van der Waals surface area contributed by atoms with Crippen LogP contribution in [0.2, 0.25) is 0 Å². The molecule has 2 atom stereocenters. The Bertz CT molecular complexity index is 711. The molecule has 1 aromatic heterocycles. The van der Waals surface area contributed by atoms with Crippen LogP contribution >= 0.6 is 0 Å². The summed E-state index contributed by atoms with van der Waals surface area (Å²) in [6.45, 7) is 4.66.